The molecule has 0 saturated heterocycles. The number of rotatable bonds is 5. The minimum Gasteiger partial charge on any atom is -0.370 e. The van der Waals surface area contributed by atoms with Gasteiger partial charge in [0.2, 0.25) is 0 Å². The van der Waals surface area contributed by atoms with E-state index in [0.717, 1.165) is 29.7 Å². The zero-order valence-electron chi connectivity index (χ0n) is 11.6. The molecule has 0 atom stereocenters. The number of hydrogen-bond donors (Lipinski definition) is 2. The summed E-state index contributed by atoms with van der Waals surface area (Å²) in [6.07, 6.45) is 0. The molecule has 2 aromatic rings. The fraction of sp³-hybridized carbons (Fsp3) is 0.333. The summed E-state index contributed by atoms with van der Waals surface area (Å²) in [4.78, 5) is 8.78. The van der Waals surface area contributed by atoms with Crippen LogP contribution in [0.5, 0.6) is 0 Å². The van der Waals surface area contributed by atoms with Gasteiger partial charge in [0, 0.05) is 18.3 Å². The van der Waals surface area contributed by atoms with Crippen molar-refractivity contribution in [1.82, 2.24) is 9.97 Å². The molecular formula is C15H20N4. The van der Waals surface area contributed by atoms with Crippen molar-refractivity contribution in [3.63, 3.8) is 0 Å². The quantitative estimate of drug-likeness (QED) is 0.858. The van der Waals surface area contributed by atoms with Crippen molar-refractivity contribution in [1.29, 1.82) is 0 Å². The third-order valence-electron chi connectivity index (χ3n) is 2.58. The average Bonchev–Trinajstić information content (AvgIpc) is 2.37. The van der Waals surface area contributed by atoms with Crippen LogP contribution in [0.25, 0.3) is 0 Å². The molecular weight excluding hydrogens is 236 g/mol. The van der Waals surface area contributed by atoms with Crippen LogP contribution in [-0.4, -0.2) is 16.5 Å². The van der Waals surface area contributed by atoms with E-state index in [4.69, 9.17) is 0 Å². The van der Waals surface area contributed by atoms with E-state index in [-0.39, 0.29) is 0 Å². The van der Waals surface area contributed by atoms with Gasteiger partial charge in [0.15, 0.2) is 0 Å². The van der Waals surface area contributed by atoms with E-state index in [1.165, 1.54) is 0 Å². The Hall–Kier alpha value is -2.10. The summed E-state index contributed by atoms with van der Waals surface area (Å²) in [5, 5.41) is 6.60. The van der Waals surface area contributed by atoms with Gasteiger partial charge in [-0.2, -0.15) is 0 Å². The first-order valence-corrected chi connectivity index (χ1v) is 6.55. The lowest BCUT2D eigenvalue weighted by atomic mass is 10.2. The lowest BCUT2D eigenvalue weighted by Crippen LogP contribution is -2.10. The average molecular weight is 256 g/mol. The van der Waals surface area contributed by atoms with Gasteiger partial charge in [0.05, 0.1) is 0 Å². The van der Waals surface area contributed by atoms with E-state index in [1.807, 2.05) is 43.3 Å². The summed E-state index contributed by atoms with van der Waals surface area (Å²) in [7, 11) is 0. The molecule has 0 saturated carbocycles. The highest BCUT2D eigenvalue weighted by molar-refractivity contribution is 5.58. The van der Waals surface area contributed by atoms with Crippen molar-refractivity contribution in [2.45, 2.75) is 20.8 Å². The number of aromatic nitrogens is 2. The second-order valence-corrected chi connectivity index (χ2v) is 4.95. The molecule has 1 aromatic carbocycles. The van der Waals surface area contributed by atoms with E-state index in [1.54, 1.807) is 0 Å². The van der Waals surface area contributed by atoms with Crippen LogP contribution in [0.2, 0.25) is 0 Å². The van der Waals surface area contributed by atoms with E-state index in [2.05, 4.69) is 34.4 Å². The summed E-state index contributed by atoms with van der Waals surface area (Å²) in [5.74, 6) is 3.01. The van der Waals surface area contributed by atoms with Gasteiger partial charge in [0.1, 0.15) is 17.5 Å². The highest BCUT2D eigenvalue weighted by Gasteiger charge is 2.03. The van der Waals surface area contributed by atoms with E-state index >= 15 is 0 Å². The topological polar surface area (TPSA) is 49.8 Å². The number of anilines is 3. The van der Waals surface area contributed by atoms with Gasteiger partial charge in [-0.1, -0.05) is 32.0 Å². The minimum absolute atomic E-state index is 0.584. The van der Waals surface area contributed by atoms with Gasteiger partial charge < -0.3 is 10.6 Å². The Morgan fingerprint density at radius 1 is 1.05 bits per heavy atom. The van der Waals surface area contributed by atoms with Crippen LogP contribution in [0.3, 0.4) is 0 Å². The van der Waals surface area contributed by atoms with Crippen molar-refractivity contribution in [2.75, 3.05) is 17.2 Å². The minimum atomic E-state index is 0.584. The normalized spacial score (nSPS) is 10.5. The van der Waals surface area contributed by atoms with Crippen LogP contribution in [-0.2, 0) is 0 Å². The lowest BCUT2D eigenvalue weighted by molar-refractivity contribution is 0.686. The molecule has 0 fully saturated rings. The molecule has 0 amide bonds. The maximum atomic E-state index is 4.39. The summed E-state index contributed by atoms with van der Waals surface area (Å²) in [6, 6.07) is 11.9. The predicted octanol–water partition coefficient (Wildman–Crippen LogP) is 3.60. The van der Waals surface area contributed by atoms with Crippen LogP contribution in [0.4, 0.5) is 17.3 Å². The summed E-state index contributed by atoms with van der Waals surface area (Å²) >= 11 is 0. The monoisotopic (exact) mass is 256 g/mol. The zero-order valence-corrected chi connectivity index (χ0v) is 11.6. The first kappa shape index (κ1) is 13.3. The molecule has 0 unspecified atom stereocenters. The van der Waals surface area contributed by atoms with Crippen molar-refractivity contribution < 1.29 is 0 Å². The molecule has 2 N–H and O–H groups in total. The van der Waals surface area contributed by atoms with Gasteiger partial charge in [0.25, 0.3) is 0 Å². The summed E-state index contributed by atoms with van der Waals surface area (Å²) in [5.41, 5.74) is 1.02. The maximum absolute atomic E-state index is 4.39. The molecule has 0 aliphatic heterocycles. The van der Waals surface area contributed by atoms with Crippen LogP contribution < -0.4 is 10.6 Å². The van der Waals surface area contributed by atoms with Gasteiger partial charge in [-0.05, 0) is 25.0 Å². The van der Waals surface area contributed by atoms with Gasteiger partial charge in [-0.15, -0.1) is 0 Å². The number of benzene rings is 1. The predicted molar refractivity (Wildman–Crippen MR) is 79.8 cm³/mol. The molecule has 4 nitrogen and oxygen atoms in total. The Balaban J connectivity index is 2.12. The molecule has 4 heteroatoms. The molecule has 0 spiro atoms. The van der Waals surface area contributed by atoms with Gasteiger partial charge >= 0.3 is 0 Å². The molecule has 100 valence electrons. The smallest absolute Gasteiger partial charge is 0.136 e. The lowest BCUT2D eigenvalue weighted by Gasteiger charge is -2.11. The van der Waals surface area contributed by atoms with Crippen molar-refractivity contribution in [3.8, 4) is 0 Å². The first-order valence-electron chi connectivity index (χ1n) is 6.55. The van der Waals surface area contributed by atoms with Crippen molar-refractivity contribution in [3.05, 3.63) is 42.2 Å². The fourth-order valence-electron chi connectivity index (χ4n) is 1.70. The second-order valence-electron chi connectivity index (χ2n) is 4.95. The molecule has 0 bridgehead atoms. The molecule has 0 aliphatic rings. The highest BCUT2D eigenvalue weighted by atomic mass is 15.1. The third-order valence-corrected chi connectivity index (χ3v) is 2.58. The summed E-state index contributed by atoms with van der Waals surface area (Å²) in [6.45, 7) is 7.15. The van der Waals surface area contributed by atoms with Crippen molar-refractivity contribution in [2.24, 2.45) is 5.92 Å². The van der Waals surface area contributed by atoms with Gasteiger partial charge in [-0.3, -0.25) is 0 Å². The number of nitrogens with zero attached hydrogens (tertiary/aromatic N) is 2. The van der Waals surface area contributed by atoms with Crippen LogP contribution in [0, 0.1) is 12.8 Å². The number of para-hydroxylation sites is 1. The van der Waals surface area contributed by atoms with E-state index < -0.39 is 0 Å². The standard InChI is InChI=1S/C15H20N4/c1-11(2)10-16-14-9-15(18-12(3)17-14)19-13-7-5-4-6-8-13/h4-9,11H,10H2,1-3H3,(H2,16,17,18,19). The Bertz CT molecular complexity index is 523. The maximum Gasteiger partial charge on any atom is 0.136 e. The molecule has 0 radical (unpaired) electrons. The fourth-order valence-corrected chi connectivity index (χ4v) is 1.70. The molecule has 19 heavy (non-hydrogen) atoms. The van der Waals surface area contributed by atoms with Crippen LogP contribution >= 0.6 is 0 Å². The SMILES string of the molecule is Cc1nc(NCC(C)C)cc(Nc2ccccc2)n1. The van der Waals surface area contributed by atoms with Crippen LogP contribution in [0.1, 0.15) is 19.7 Å². The molecule has 1 aromatic heterocycles. The zero-order chi connectivity index (χ0) is 13.7. The van der Waals surface area contributed by atoms with Gasteiger partial charge in [-0.25, -0.2) is 9.97 Å². The second kappa shape index (κ2) is 6.18. The largest absolute Gasteiger partial charge is 0.370 e. The number of aryl methyl sites for hydroxylation is 1. The Morgan fingerprint density at radius 3 is 2.42 bits per heavy atom. The van der Waals surface area contributed by atoms with E-state index in [0.29, 0.717) is 5.92 Å². The Morgan fingerprint density at radius 2 is 1.74 bits per heavy atom. The number of nitrogens with one attached hydrogen (secondary N) is 2. The molecule has 0 aliphatic carbocycles. The van der Waals surface area contributed by atoms with Crippen molar-refractivity contribution >= 4 is 17.3 Å². The van der Waals surface area contributed by atoms with E-state index in [9.17, 15) is 0 Å². The molecule has 1 heterocycles. The highest BCUT2D eigenvalue weighted by Crippen LogP contribution is 2.17. The Kier molecular flexibility index (Phi) is 4.34. The third kappa shape index (κ3) is 4.25. The Labute approximate surface area is 114 Å². The first-order chi connectivity index (χ1) is 9.13. The molecule has 2 rings (SSSR count). The summed E-state index contributed by atoms with van der Waals surface area (Å²) < 4.78 is 0. The number of hydrogen-bond acceptors (Lipinski definition) is 4. The van der Waals surface area contributed by atoms with Crippen LogP contribution in [0.15, 0.2) is 36.4 Å².